The highest BCUT2D eigenvalue weighted by Crippen LogP contribution is 2.15. The van der Waals surface area contributed by atoms with Crippen LogP contribution in [0.15, 0.2) is 36.0 Å². The second kappa shape index (κ2) is 9.55. The first kappa shape index (κ1) is 21.5. The van der Waals surface area contributed by atoms with Gasteiger partial charge in [0.25, 0.3) is 5.91 Å². The first-order valence-electron chi connectivity index (χ1n) is 9.50. The Balaban J connectivity index is 1.55. The van der Waals surface area contributed by atoms with Crippen molar-refractivity contribution >= 4 is 23.5 Å². The Morgan fingerprint density at radius 2 is 2.00 bits per heavy atom. The van der Waals surface area contributed by atoms with Crippen LogP contribution in [-0.4, -0.2) is 67.2 Å². The molecule has 7 N–H and O–H groups in total. The monoisotopic (exact) mass is 420 g/mol. The SMILES string of the molecule is N=C(Nc1ccc(F)cc1)/C(=C\N[C@@H]1CCN(C(=O)OC2COC2)C[C@H]1N)C(N)=O. The molecule has 1 aromatic rings. The first-order chi connectivity index (χ1) is 14.3. The predicted octanol–water partition coefficient (Wildman–Crippen LogP) is 0.111. The maximum atomic E-state index is 13.0. The van der Waals surface area contributed by atoms with Crippen molar-refractivity contribution in [1.29, 1.82) is 5.41 Å². The van der Waals surface area contributed by atoms with Crippen LogP contribution >= 0.6 is 0 Å². The van der Waals surface area contributed by atoms with Crippen LogP contribution in [0.25, 0.3) is 0 Å². The molecular formula is C19H25FN6O4. The van der Waals surface area contributed by atoms with Gasteiger partial charge in [-0.15, -0.1) is 0 Å². The molecule has 2 saturated heterocycles. The number of ether oxygens (including phenoxy) is 2. The largest absolute Gasteiger partial charge is 0.441 e. The lowest BCUT2D eigenvalue weighted by molar-refractivity contribution is -0.114. The number of amides is 2. The van der Waals surface area contributed by atoms with Crippen molar-refractivity contribution in [3.8, 4) is 0 Å². The van der Waals surface area contributed by atoms with Crippen LogP contribution in [0.1, 0.15) is 6.42 Å². The standard InChI is InChI=1S/C19H25FN6O4/c20-11-1-3-12(4-2-11)25-17(22)14(18(23)27)7-24-16-5-6-26(8-15(16)21)19(28)30-13-9-29-10-13/h1-4,7,13,15-16,24H,5-6,8-10,21H2,(H2,22,25)(H2,23,27)/b14-7+/t15-,16-/m1/s1. The van der Waals surface area contributed by atoms with Gasteiger partial charge in [-0.25, -0.2) is 9.18 Å². The van der Waals surface area contributed by atoms with E-state index in [1.54, 1.807) is 0 Å². The summed E-state index contributed by atoms with van der Waals surface area (Å²) in [5.41, 5.74) is 11.9. The summed E-state index contributed by atoms with van der Waals surface area (Å²) in [6.07, 6.45) is 1.24. The third-order valence-corrected chi connectivity index (χ3v) is 4.88. The molecule has 2 fully saturated rings. The Morgan fingerprint density at radius 1 is 1.30 bits per heavy atom. The Bertz CT molecular complexity index is 827. The van der Waals surface area contributed by atoms with E-state index in [2.05, 4.69) is 10.6 Å². The number of likely N-dealkylation sites (tertiary alicyclic amines) is 1. The number of piperidine rings is 1. The molecule has 2 amide bonds. The molecule has 2 aliphatic rings. The zero-order chi connectivity index (χ0) is 21.7. The maximum absolute atomic E-state index is 13.0. The van der Waals surface area contributed by atoms with Gasteiger partial charge in [-0.1, -0.05) is 0 Å². The molecule has 0 spiro atoms. The minimum atomic E-state index is -0.806. The molecule has 0 bridgehead atoms. The Morgan fingerprint density at radius 3 is 2.57 bits per heavy atom. The van der Waals surface area contributed by atoms with Crippen LogP contribution in [0, 0.1) is 11.2 Å². The molecule has 1 aromatic carbocycles. The number of benzene rings is 1. The van der Waals surface area contributed by atoms with Gasteiger partial charge in [-0.05, 0) is 30.7 Å². The van der Waals surface area contributed by atoms with Crippen molar-refractivity contribution < 1.29 is 23.5 Å². The van der Waals surface area contributed by atoms with Gasteiger partial charge in [0, 0.05) is 37.1 Å². The molecule has 2 atom stereocenters. The summed E-state index contributed by atoms with van der Waals surface area (Å²) in [4.78, 5) is 25.5. The zero-order valence-corrected chi connectivity index (χ0v) is 16.3. The van der Waals surface area contributed by atoms with Crippen molar-refractivity contribution in [1.82, 2.24) is 10.2 Å². The number of nitrogens with zero attached hydrogens (tertiary/aromatic N) is 1. The number of amidine groups is 1. The fourth-order valence-electron chi connectivity index (χ4n) is 3.06. The summed E-state index contributed by atoms with van der Waals surface area (Å²) in [7, 11) is 0. The topological polar surface area (TPSA) is 156 Å². The van der Waals surface area contributed by atoms with Crippen molar-refractivity contribution in [2.45, 2.75) is 24.6 Å². The lowest BCUT2D eigenvalue weighted by atomic mass is 10.0. The summed E-state index contributed by atoms with van der Waals surface area (Å²) in [5.74, 6) is -1.46. The Kier molecular flexibility index (Phi) is 6.85. The molecular weight excluding hydrogens is 395 g/mol. The summed E-state index contributed by atoms with van der Waals surface area (Å²) < 4.78 is 23.3. The molecule has 0 saturated carbocycles. The Hall–Kier alpha value is -3.18. The van der Waals surface area contributed by atoms with E-state index in [1.807, 2.05) is 0 Å². The number of carbonyl (C=O) groups is 2. The van der Waals surface area contributed by atoms with Crippen LogP contribution in [0.5, 0.6) is 0 Å². The number of rotatable bonds is 6. The number of nitrogens with two attached hydrogens (primary N) is 2. The van der Waals surface area contributed by atoms with Crippen LogP contribution in [0.2, 0.25) is 0 Å². The highest BCUT2D eigenvalue weighted by Gasteiger charge is 2.32. The Labute approximate surface area is 172 Å². The van der Waals surface area contributed by atoms with Gasteiger partial charge < -0.3 is 36.5 Å². The lowest BCUT2D eigenvalue weighted by Gasteiger charge is -2.37. The minimum Gasteiger partial charge on any atom is -0.441 e. The van der Waals surface area contributed by atoms with Gasteiger partial charge in [0.15, 0.2) is 6.10 Å². The van der Waals surface area contributed by atoms with Crippen molar-refractivity contribution in [2.24, 2.45) is 11.5 Å². The molecule has 0 aromatic heterocycles. The minimum absolute atomic E-state index is 0.0849. The zero-order valence-electron chi connectivity index (χ0n) is 16.3. The number of nitrogens with one attached hydrogen (secondary N) is 3. The maximum Gasteiger partial charge on any atom is 0.410 e. The normalized spacial score (nSPS) is 22.1. The predicted molar refractivity (Wildman–Crippen MR) is 107 cm³/mol. The fourth-order valence-corrected chi connectivity index (χ4v) is 3.06. The molecule has 0 unspecified atom stereocenters. The molecule has 2 heterocycles. The van der Waals surface area contributed by atoms with E-state index in [4.69, 9.17) is 26.4 Å². The second-order valence-corrected chi connectivity index (χ2v) is 7.14. The number of hydrogen-bond donors (Lipinski definition) is 5. The second-order valence-electron chi connectivity index (χ2n) is 7.14. The van der Waals surface area contributed by atoms with Crippen LogP contribution in [0.3, 0.4) is 0 Å². The van der Waals surface area contributed by atoms with Crippen molar-refractivity contribution in [3.05, 3.63) is 41.9 Å². The van der Waals surface area contributed by atoms with Gasteiger partial charge in [-0.3, -0.25) is 10.2 Å². The van der Waals surface area contributed by atoms with Crippen LogP contribution in [-0.2, 0) is 14.3 Å². The molecule has 0 radical (unpaired) electrons. The molecule has 11 heteroatoms. The van der Waals surface area contributed by atoms with Gasteiger partial charge in [-0.2, -0.15) is 0 Å². The van der Waals surface area contributed by atoms with E-state index in [9.17, 15) is 14.0 Å². The molecule has 162 valence electrons. The summed E-state index contributed by atoms with van der Waals surface area (Å²) in [6.45, 7) is 1.54. The number of carbonyl (C=O) groups excluding carboxylic acids is 2. The van der Waals surface area contributed by atoms with E-state index in [0.29, 0.717) is 31.9 Å². The first-order valence-corrected chi connectivity index (χ1v) is 9.50. The third-order valence-electron chi connectivity index (χ3n) is 4.88. The van der Waals surface area contributed by atoms with Crippen molar-refractivity contribution in [3.63, 3.8) is 0 Å². The highest BCUT2D eigenvalue weighted by atomic mass is 19.1. The van der Waals surface area contributed by atoms with E-state index in [1.165, 1.54) is 35.4 Å². The molecule has 0 aliphatic carbocycles. The van der Waals surface area contributed by atoms with E-state index in [0.717, 1.165) is 0 Å². The summed E-state index contributed by atoms with van der Waals surface area (Å²) in [5, 5.41) is 13.8. The number of anilines is 1. The molecule has 3 rings (SSSR count). The average molecular weight is 420 g/mol. The van der Waals surface area contributed by atoms with E-state index in [-0.39, 0.29) is 30.1 Å². The average Bonchev–Trinajstić information content (AvgIpc) is 2.67. The van der Waals surface area contributed by atoms with Gasteiger partial charge in [0.05, 0.1) is 18.8 Å². The van der Waals surface area contributed by atoms with Gasteiger partial charge >= 0.3 is 6.09 Å². The van der Waals surface area contributed by atoms with Crippen molar-refractivity contribution in [2.75, 3.05) is 31.6 Å². The summed E-state index contributed by atoms with van der Waals surface area (Å²) in [6, 6.07) is 4.71. The smallest absolute Gasteiger partial charge is 0.410 e. The number of hydrogen-bond acceptors (Lipinski definition) is 7. The molecule has 30 heavy (non-hydrogen) atoms. The number of halogens is 1. The van der Waals surface area contributed by atoms with Gasteiger partial charge in [0.2, 0.25) is 0 Å². The van der Waals surface area contributed by atoms with Gasteiger partial charge in [0.1, 0.15) is 11.7 Å². The number of primary amides is 1. The lowest BCUT2D eigenvalue weighted by Crippen LogP contribution is -2.57. The van der Waals surface area contributed by atoms with Crippen LogP contribution in [0.4, 0.5) is 14.9 Å². The molecule has 2 aliphatic heterocycles. The molecule has 10 nitrogen and oxygen atoms in total. The quantitative estimate of drug-likeness (QED) is 0.248. The van der Waals surface area contributed by atoms with E-state index < -0.39 is 23.9 Å². The highest BCUT2D eigenvalue weighted by molar-refractivity contribution is 6.23. The van der Waals surface area contributed by atoms with E-state index >= 15 is 0 Å². The fraction of sp³-hybridized carbons (Fsp3) is 0.421. The van der Waals surface area contributed by atoms with Crippen LogP contribution < -0.4 is 22.1 Å². The summed E-state index contributed by atoms with van der Waals surface area (Å²) >= 11 is 0. The third kappa shape index (κ3) is 5.45.